The molecule has 1 N–H and O–H groups in total. The van der Waals surface area contributed by atoms with Gasteiger partial charge in [-0.25, -0.2) is 0 Å². The quantitative estimate of drug-likeness (QED) is 0.678. The molecule has 1 heterocycles. The van der Waals surface area contributed by atoms with E-state index in [9.17, 15) is 0 Å². The van der Waals surface area contributed by atoms with Gasteiger partial charge in [-0.2, -0.15) is 0 Å². The van der Waals surface area contributed by atoms with Gasteiger partial charge in [0.15, 0.2) is 0 Å². The molecule has 3 heteroatoms. The largest absolute Gasteiger partial charge is 0.377 e. The van der Waals surface area contributed by atoms with Crippen LogP contribution in [0.1, 0.15) is 33.1 Å². The van der Waals surface area contributed by atoms with Crippen LogP contribution < -0.4 is 5.32 Å². The highest BCUT2D eigenvalue weighted by Crippen LogP contribution is 2.11. The summed E-state index contributed by atoms with van der Waals surface area (Å²) in [7, 11) is 2.17. The molecule has 3 nitrogen and oxygen atoms in total. The lowest BCUT2D eigenvalue weighted by Gasteiger charge is -2.24. The predicted octanol–water partition coefficient (Wildman–Crippen LogP) is 1.49. The molecule has 0 bridgehead atoms. The zero-order valence-corrected chi connectivity index (χ0v) is 10.5. The van der Waals surface area contributed by atoms with Gasteiger partial charge in [-0.3, -0.25) is 0 Å². The van der Waals surface area contributed by atoms with Crippen LogP contribution in [0.3, 0.4) is 0 Å². The lowest BCUT2D eigenvalue weighted by atomic mass is 10.1. The van der Waals surface area contributed by atoms with Crippen molar-refractivity contribution in [2.75, 3.05) is 33.3 Å². The minimum absolute atomic E-state index is 0.461. The predicted molar refractivity (Wildman–Crippen MR) is 64.2 cm³/mol. The Kier molecular flexibility index (Phi) is 6.22. The summed E-state index contributed by atoms with van der Waals surface area (Å²) in [5.41, 5.74) is 0. The zero-order valence-electron chi connectivity index (χ0n) is 10.5. The van der Waals surface area contributed by atoms with Gasteiger partial charge in [-0.1, -0.05) is 0 Å². The van der Waals surface area contributed by atoms with E-state index in [2.05, 4.69) is 31.1 Å². The van der Waals surface area contributed by atoms with Crippen LogP contribution in [0.15, 0.2) is 0 Å². The molecule has 1 fully saturated rings. The van der Waals surface area contributed by atoms with Crippen molar-refractivity contribution in [2.24, 2.45) is 0 Å². The molecular formula is C12H26N2O. The average Bonchev–Trinajstić information content (AvgIpc) is 2.25. The van der Waals surface area contributed by atoms with Gasteiger partial charge < -0.3 is 15.0 Å². The fraction of sp³-hybridized carbons (Fsp3) is 1.00. The molecule has 1 unspecified atom stereocenters. The smallest absolute Gasteiger partial charge is 0.0699 e. The fourth-order valence-corrected chi connectivity index (χ4v) is 1.75. The molecule has 90 valence electrons. The van der Waals surface area contributed by atoms with E-state index in [1.807, 2.05) is 0 Å². The summed E-state index contributed by atoms with van der Waals surface area (Å²) in [5, 5.41) is 3.47. The number of nitrogens with one attached hydrogen (secondary N) is 1. The monoisotopic (exact) mass is 214 g/mol. The Morgan fingerprint density at radius 2 is 2.20 bits per heavy atom. The minimum atomic E-state index is 0.461. The summed E-state index contributed by atoms with van der Waals surface area (Å²) in [6.07, 6.45) is 4.26. The van der Waals surface area contributed by atoms with Crippen LogP contribution in [0.25, 0.3) is 0 Å². The van der Waals surface area contributed by atoms with Crippen molar-refractivity contribution in [3.05, 3.63) is 0 Å². The number of ether oxygens (including phenoxy) is 1. The molecule has 0 aromatic rings. The van der Waals surface area contributed by atoms with Crippen molar-refractivity contribution in [1.29, 1.82) is 0 Å². The van der Waals surface area contributed by atoms with E-state index in [4.69, 9.17) is 4.74 Å². The maximum Gasteiger partial charge on any atom is 0.0699 e. The van der Waals surface area contributed by atoms with Crippen LogP contribution in [0, 0.1) is 0 Å². The van der Waals surface area contributed by atoms with Crippen molar-refractivity contribution in [2.45, 2.75) is 45.3 Å². The lowest BCUT2D eigenvalue weighted by Crippen LogP contribution is -2.38. The molecule has 0 spiro atoms. The Bertz CT molecular complexity index is 156. The van der Waals surface area contributed by atoms with Crippen LogP contribution in [0.4, 0.5) is 0 Å². The molecule has 0 aromatic carbocycles. The second kappa shape index (κ2) is 7.20. The highest BCUT2D eigenvalue weighted by Gasteiger charge is 2.12. The number of hydrogen-bond donors (Lipinski definition) is 1. The van der Waals surface area contributed by atoms with E-state index in [0.29, 0.717) is 12.1 Å². The molecule has 0 saturated carbocycles. The molecule has 0 aliphatic carbocycles. The molecule has 0 radical (unpaired) electrons. The molecule has 1 saturated heterocycles. The summed E-state index contributed by atoms with van der Waals surface area (Å²) < 4.78 is 5.66. The third-order valence-electron chi connectivity index (χ3n) is 3.17. The zero-order chi connectivity index (χ0) is 11.1. The van der Waals surface area contributed by atoms with Crippen LogP contribution in [0.2, 0.25) is 0 Å². The Labute approximate surface area is 94.2 Å². The van der Waals surface area contributed by atoms with E-state index >= 15 is 0 Å². The summed E-state index contributed by atoms with van der Waals surface area (Å²) in [4.78, 5) is 2.36. The molecule has 1 rings (SSSR count). The Morgan fingerprint density at radius 1 is 1.40 bits per heavy atom. The highest BCUT2D eigenvalue weighted by molar-refractivity contribution is 4.67. The summed E-state index contributed by atoms with van der Waals surface area (Å²) in [5.74, 6) is 0. The van der Waals surface area contributed by atoms with E-state index in [0.717, 1.165) is 26.2 Å². The highest BCUT2D eigenvalue weighted by atomic mass is 16.5. The van der Waals surface area contributed by atoms with Gasteiger partial charge in [-0.05, 0) is 40.2 Å². The Hall–Kier alpha value is -0.120. The molecule has 0 aromatic heterocycles. The first-order valence-corrected chi connectivity index (χ1v) is 6.22. The second-order valence-electron chi connectivity index (χ2n) is 4.77. The van der Waals surface area contributed by atoms with Gasteiger partial charge in [0, 0.05) is 32.3 Å². The molecule has 15 heavy (non-hydrogen) atoms. The minimum Gasteiger partial charge on any atom is -0.377 e. The van der Waals surface area contributed by atoms with Crippen molar-refractivity contribution in [3.63, 3.8) is 0 Å². The van der Waals surface area contributed by atoms with Crippen LogP contribution in [0.5, 0.6) is 0 Å². The van der Waals surface area contributed by atoms with E-state index in [1.54, 1.807) is 0 Å². The third-order valence-corrected chi connectivity index (χ3v) is 3.17. The van der Waals surface area contributed by atoms with Crippen molar-refractivity contribution >= 4 is 0 Å². The number of hydrogen-bond acceptors (Lipinski definition) is 3. The van der Waals surface area contributed by atoms with Crippen molar-refractivity contribution in [1.82, 2.24) is 10.2 Å². The normalized spacial score (nSPS) is 22.6. The average molecular weight is 214 g/mol. The van der Waals surface area contributed by atoms with Gasteiger partial charge in [0.05, 0.1) is 6.10 Å². The SMILES string of the molecule is CC(C)N(C)CCNCC1CCCCO1. The van der Waals surface area contributed by atoms with Crippen molar-refractivity contribution in [3.8, 4) is 0 Å². The molecule has 1 aliphatic heterocycles. The van der Waals surface area contributed by atoms with Crippen molar-refractivity contribution < 1.29 is 4.74 Å². The van der Waals surface area contributed by atoms with Gasteiger partial charge in [0.2, 0.25) is 0 Å². The third kappa shape index (κ3) is 5.50. The summed E-state index contributed by atoms with van der Waals surface area (Å²) >= 11 is 0. The first-order valence-electron chi connectivity index (χ1n) is 6.22. The van der Waals surface area contributed by atoms with E-state index < -0.39 is 0 Å². The maximum absolute atomic E-state index is 5.66. The molecule has 1 aliphatic rings. The summed E-state index contributed by atoms with van der Waals surface area (Å²) in [6.45, 7) is 8.61. The first-order chi connectivity index (χ1) is 7.20. The maximum atomic E-state index is 5.66. The lowest BCUT2D eigenvalue weighted by molar-refractivity contribution is 0.0167. The van der Waals surface area contributed by atoms with Crippen LogP contribution >= 0.6 is 0 Å². The van der Waals surface area contributed by atoms with E-state index in [-0.39, 0.29) is 0 Å². The molecule has 1 atom stereocenters. The molecular weight excluding hydrogens is 188 g/mol. The van der Waals surface area contributed by atoms with Gasteiger partial charge in [0.25, 0.3) is 0 Å². The number of likely N-dealkylation sites (N-methyl/N-ethyl adjacent to an activating group) is 1. The topological polar surface area (TPSA) is 24.5 Å². The first kappa shape index (κ1) is 12.9. The standard InChI is InChI=1S/C12H26N2O/c1-11(2)14(3)8-7-13-10-12-6-4-5-9-15-12/h11-13H,4-10H2,1-3H3. The molecule has 0 amide bonds. The van der Waals surface area contributed by atoms with E-state index in [1.165, 1.54) is 19.3 Å². The van der Waals surface area contributed by atoms with Crippen LogP contribution in [-0.4, -0.2) is 50.3 Å². The van der Waals surface area contributed by atoms with Crippen LogP contribution in [-0.2, 0) is 4.74 Å². The summed E-state index contributed by atoms with van der Waals surface area (Å²) in [6, 6.07) is 0.637. The van der Waals surface area contributed by atoms with Gasteiger partial charge >= 0.3 is 0 Å². The number of nitrogens with zero attached hydrogens (tertiary/aromatic N) is 1. The van der Waals surface area contributed by atoms with Gasteiger partial charge in [-0.15, -0.1) is 0 Å². The fourth-order valence-electron chi connectivity index (χ4n) is 1.75. The Morgan fingerprint density at radius 3 is 2.80 bits per heavy atom. The number of rotatable bonds is 6. The Balaban J connectivity index is 1.96. The van der Waals surface area contributed by atoms with Gasteiger partial charge in [0.1, 0.15) is 0 Å². The second-order valence-corrected chi connectivity index (χ2v) is 4.77.